The highest BCUT2D eigenvalue weighted by Crippen LogP contribution is 2.34. The highest BCUT2D eigenvalue weighted by Gasteiger charge is 2.30. The molecule has 25 heavy (non-hydrogen) atoms. The fraction of sp³-hybridized carbons (Fsp3) is 0.333. The van der Waals surface area contributed by atoms with Gasteiger partial charge in [-0.3, -0.25) is 0 Å². The van der Waals surface area contributed by atoms with Crippen molar-refractivity contribution >= 4 is 22.9 Å². The molecule has 3 aromatic rings. The van der Waals surface area contributed by atoms with Crippen molar-refractivity contribution in [2.45, 2.75) is 19.3 Å². The average molecular weight is 338 g/mol. The molecule has 7 heteroatoms. The van der Waals surface area contributed by atoms with Crippen molar-refractivity contribution in [3.63, 3.8) is 0 Å². The Balaban J connectivity index is 1.68. The molecule has 0 spiro atoms. The molecular weight excluding hydrogens is 320 g/mol. The summed E-state index contributed by atoms with van der Waals surface area (Å²) >= 11 is 0. The van der Waals surface area contributed by atoms with Crippen LogP contribution < -0.4 is 4.90 Å². The number of carbonyl (C=O) groups excluding carboxylic acids is 1. The molecule has 0 N–H and O–H groups in total. The Bertz CT molecular complexity index is 894. The van der Waals surface area contributed by atoms with Crippen LogP contribution in [0.15, 0.2) is 41.2 Å². The van der Waals surface area contributed by atoms with Gasteiger partial charge in [0.1, 0.15) is 17.5 Å². The van der Waals surface area contributed by atoms with Crippen molar-refractivity contribution in [1.82, 2.24) is 15.1 Å². The van der Waals surface area contributed by atoms with Crippen LogP contribution in [0.4, 0.5) is 5.82 Å². The van der Waals surface area contributed by atoms with Crippen LogP contribution in [0.1, 0.15) is 35.3 Å². The second-order valence-electron chi connectivity index (χ2n) is 5.97. The average Bonchev–Trinajstić information content (AvgIpc) is 3.30. The molecule has 0 saturated carbocycles. The van der Waals surface area contributed by atoms with Crippen molar-refractivity contribution < 1.29 is 14.1 Å². The summed E-state index contributed by atoms with van der Waals surface area (Å²) in [6, 6.07) is 10.4. The summed E-state index contributed by atoms with van der Waals surface area (Å²) in [7, 11) is 0. The van der Waals surface area contributed by atoms with Gasteiger partial charge >= 0.3 is 5.97 Å². The number of hydrogen-bond donors (Lipinski definition) is 0. The first-order valence-electron chi connectivity index (χ1n) is 8.35. The van der Waals surface area contributed by atoms with Gasteiger partial charge in [0.2, 0.25) is 5.69 Å². The maximum atomic E-state index is 12.2. The molecule has 1 aliphatic rings. The van der Waals surface area contributed by atoms with Gasteiger partial charge in [0.25, 0.3) is 5.71 Å². The standard InChI is InChI=1S/C18H18N4O3/c1-2-24-18(23)15-14-16(19-11-20-17(14)25-21-15)22-9-8-13(10-22)12-6-4-3-5-7-12/h3-7,11,13H,2,8-10H2,1H3/t13-/m0/s1. The number of aromatic nitrogens is 3. The highest BCUT2D eigenvalue weighted by molar-refractivity contribution is 6.04. The fourth-order valence-corrected chi connectivity index (χ4v) is 3.30. The molecule has 3 heterocycles. The van der Waals surface area contributed by atoms with Gasteiger partial charge in [-0.05, 0) is 18.9 Å². The van der Waals surface area contributed by atoms with Gasteiger partial charge in [-0.15, -0.1) is 0 Å². The van der Waals surface area contributed by atoms with Crippen LogP contribution in [0, 0.1) is 0 Å². The predicted octanol–water partition coefficient (Wildman–Crippen LogP) is 2.79. The Morgan fingerprint density at radius 1 is 1.32 bits per heavy atom. The zero-order chi connectivity index (χ0) is 17.2. The van der Waals surface area contributed by atoms with Gasteiger partial charge < -0.3 is 14.2 Å². The lowest BCUT2D eigenvalue weighted by Gasteiger charge is -2.18. The molecular formula is C18H18N4O3. The van der Waals surface area contributed by atoms with Gasteiger partial charge in [-0.1, -0.05) is 35.5 Å². The summed E-state index contributed by atoms with van der Waals surface area (Å²) in [5.74, 6) is 0.584. The number of rotatable bonds is 4. The molecule has 4 rings (SSSR count). The molecule has 1 saturated heterocycles. The van der Waals surface area contributed by atoms with E-state index >= 15 is 0 Å². The minimum Gasteiger partial charge on any atom is -0.461 e. The topological polar surface area (TPSA) is 81.3 Å². The van der Waals surface area contributed by atoms with E-state index in [1.807, 2.05) is 6.07 Å². The first-order chi connectivity index (χ1) is 12.3. The summed E-state index contributed by atoms with van der Waals surface area (Å²) in [5, 5.41) is 4.37. The van der Waals surface area contributed by atoms with E-state index in [0.717, 1.165) is 19.5 Å². The Kier molecular flexibility index (Phi) is 4.05. The molecule has 128 valence electrons. The van der Waals surface area contributed by atoms with Crippen LogP contribution in [0.3, 0.4) is 0 Å². The van der Waals surface area contributed by atoms with E-state index in [0.29, 0.717) is 22.8 Å². The van der Waals surface area contributed by atoms with Crippen molar-refractivity contribution in [2.24, 2.45) is 0 Å². The second-order valence-corrected chi connectivity index (χ2v) is 5.97. The first-order valence-corrected chi connectivity index (χ1v) is 8.35. The molecule has 0 aliphatic carbocycles. The molecule has 0 unspecified atom stereocenters. The van der Waals surface area contributed by atoms with Crippen LogP contribution in [0.2, 0.25) is 0 Å². The predicted molar refractivity (Wildman–Crippen MR) is 91.6 cm³/mol. The monoisotopic (exact) mass is 338 g/mol. The van der Waals surface area contributed by atoms with Crippen molar-refractivity contribution in [1.29, 1.82) is 0 Å². The SMILES string of the molecule is CCOC(=O)c1noc2ncnc(N3CC[C@H](c4ccccc4)C3)c12. The van der Waals surface area contributed by atoms with Crippen LogP contribution in [-0.4, -0.2) is 40.8 Å². The van der Waals surface area contributed by atoms with E-state index in [1.54, 1.807) is 6.92 Å². The van der Waals surface area contributed by atoms with Crippen molar-refractivity contribution in [2.75, 3.05) is 24.6 Å². The van der Waals surface area contributed by atoms with Gasteiger partial charge in [-0.2, -0.15) is 4.98 Å². The minimum atomic E-state index is -0.517. The highest BCUT2D eigenvalue weighted by atomic mass is 16.5. The maximum Gasteiger partial charge on any atom is 0.361 e. The van der Waals surface area contributed by atoms with Crippen molar-refractivity contribution in [3.05, 3.63) is 47.9 Å². The third kappa shape index (κ3) is 2.82. The third-order valence-electron chi connectivity index (χ3n) is 4.48. The summed E-state index contributed by atoms with van der Waals surface area (Å²) in [6.07, 6.45) is 2.46. The normalized spacial score (nSPS) is 17.2. The van der Waals surface area contributed by atoms with Crippen molar-refractivity contribution in [3.8, 4) is 0 Å². The Hall–Kier alpha value is -2.96. The largest absolute Gasteiger partial charge is 0.461 e. The number of fused-ring (bicyclic) bond motifs is 1. The molecule has 0 radical (unpaired) electrons. The third-order valence-corrected chi connectivity index (χ3v) is 4.48. The summed E-state index contributed by atoms with van der Waals surface area (Å²) in [5.41, 5.74) is 1.75. The number of anilines is 1. The lowest BCUT2D eigenvalue weighted by molar-refractivity contribution is 0.0517. The van der Waals surface area contributed by atoms with Gasteiger partial charge in [0.15, 0.2) is 0 Å². The summed E-state index contributed by atoms with van der Waals surface area (Å²) in [6.45, 7) is 3.70. The fourth-order valence-electron chi connectivity index (χ4n) is 3.30. The molecule has 0 amide bonds. The number of nitrogens with zero attached hydrogens (tertiary/aromatic N) is 4. The Morgan fingerprint density at radius 3 is 2.96 bits per heavy atom. The lowest BCUT2D eigenvalue weighted by atomic mass is 9.99. The lowest BCUT2D eigenvalue weighted by Crippen LogP contribution is -2.21. The van der Waals surface area contributed by atoms with Crippen LogP contribution >= 0.6 is 0 Å². The van der Waals surface area contributed by atoms with E-state index in [1.165, 1.54) is 11.9 Å². The quantitative estimate of drug-likeness (QED) is 0.677. The number of ether oxygens (including phenoxy) is 1. The van der Waals surface area contributed by atoms with Crippen LogP contribution in [0.5, 0.6) is 0 Å². The number of benzene rings is 1. The molecule has 1 atom stereocenters. The summed E-state index contributed by atoms with van der Waals surface area (Å²) in [4.78, 5) is 22.8. The van der Waals surface area contributed by atoms with Gasteiger partial charge in [0.05, 0.1) is 6.61 Å². The Labute approximate surface area is 144 Å². The zero-order valence-electron chi connectivity index (χ0n) is 13.9. The molecule has 0 bridgehead atoms. The number of esters is 1. The van der Waals surface area contributed by atoms with E-state index in [9.17, 15) is 4.79 Å². The smallest absolute Gasteiger partial charge is 0.361 e. The molecule has 7 nitrogen and oxygen atoms in total. The van der Waals surface area contributed by atoms with E-state index in [4.69, 9.17) is 9.26 Å². The molecule has 2 aromatic heterocycles. The van der Waals surface area contributed by atoms with Crippen LogP contribution in [0.25, 0.3) is 11.1 Å². The molecule has 1 aromatic carbocycles. The molecule has 1 aliphatic heterocycles. The second kappa shape index (κ2) is 6.51. The summed E-state index contributed by atoms with van der Waals surface area (Å²) < 4.78 is 10.3. The molecule has 1 fully saturated rings. The van der Waals surface area contributed by atoms with Crippen LogP contribution in [-0.2, 0) is 4.74 Å². The van der Waals surface area contributed by atoms with E-state index in [2.05, 4.69) is 44.3 Å². The van der Waals surface area contributed by atoms with Gasteiger partial charge in [-0.25, -0.2) is 9.78 Å². The Morgan fingerprint density at radius 2 is 2.16 bits per heavy atom. The number of hydrogen-bond acceptors (Lipinski definition) is 7. The van der Waals surface area contributed by atoms with E-state index in [-0.39, 0.29) is 12.3 Å². The van der Waals surface area contributed by atoms with E-state index < -0.39 is 5.97 Å². The first kappa shape index (κ1) is 15.6. The maximum absolute atomic E-state index is 12.2. The van der Waals surface area contributed by atoms with Gasteiger partial charge in [0, 0.05) is 19.0 Å². The number of carbonyl (C=O) groups is 1. The zero-order valence-corrected chi connectivity index (χ0v) is 13.9. The minimum absolute atomic E-state index is 0.135.